The van der Waals surface area contributed by atoms with Crippen molar-refractivity contribution in [3.63, 3.8) is 0 Å². The molecular weight excluding hydrogens is 430 g/mol. The minimum atomic E-state index is -3.52. The molecule has 2 aromatic rings. The SMILES string of the molecule is O=C(NCc1cccc(OCCN2CCOCC2)c1)c1ccc(S(=O)(=O)NC2CC2)cc1. The average molecular weight is 460 g/mol. The van der Waals surface area contributed by atoms with E-state index in [1.165, 1.54) is 24.3 Å². The van der Waals surface area contributed by atoms with Gasteiger partial charge in [0.1, 0.15) is 12.4 Å². The van der Waals surface area contributed by atoms with Crippen molar-refractivity contribution in [2.75, 3.05) is 39.5 Å². The minimum Gasteiger partial charge on any atom is -0.492 e. The normalized spacial score (nSPS) is 17.1. The fourth-order valence-electron chi connectivity index (χ4n) is 3.42. The Labute approximate surface area is 189 Å². The Morgan fingerprint density at radius 2 is 1.84 bits per heavy atom. The van der Waals surface area contributed by atoms with Crippen LogP contribution in [0.3, 0.4) is 0 Å². The minimum absolute atomic E-state index is 0.0436. The summed E-state index contributed by atoms with van der Waals surface area (Å²) in [5.74, 6) is 0.505. The van der Waals surface area contributed by atoms with Crippen molar-refractivity contribution in [2.24, 2.45) is 0 Å². The molecule has 0 unspecified atom stereocenters. The van der Waals surface area contributed by atoms with Gasteiger partial charge in [-0.05, 0) is 54.8 Å². The van der Waals surface area contributed by atoms with Crippen molar-refractivity contribution in [3.8, 4) is 5.75 Å². The zero-order chi connectivity index (χ0) is 22.4. The van der Waals surface area contributed by atoms with E-state index in [1.807, 2.05) is 24.3 Å². The van der Waals surface area contributed by atoms with Gasteiger partial charge in [0.25, 0.3) is 5.91 Å². The molecule has 2 aliphatic rings. The third-order valence-corrected chi connectivity index (χ3v) is 6.99. The van der Waals surface area contributed by atoms with Gasteiger partial charge in [-0.2, -0.15) is 0 Å². The molecule has 0 bridgehead atoms. The number of morpholine rings is 1. The van der Waals surface area contributed by atoms with Gasteiger partial charge < -0.3 is 14.8 Å². The lowest BCUT2D eigenvalue weighted by atomic mass is 10.2. The van der Waals surface area contributed by atoms with E-state index in [4.69, 9.17) is 9.47 Å². The van der Waals surface area contributed by atoms with Gasteiger partial charge in [0.05, 0.1) is 18.1 Å². The standard InChI is InChI=1S/C23H29N3O5S/c27-23(19-4-8-22(9-5-19)32(28,29)25-20-6-7-20)24-17-18-2-1-3-21(16-18)31-15-12-26-10-13-30-14-11-26/h1-5,8-9,16,20,25H,6-7,10-15,17H2,(H,24,27). The number of ether oxygens (including phenoxy) is 2. The van der Waals surface area contributed by atoms with Crippen molar-refractivity contribution in [1.82, 2.24) is 14.9 Å². The molecule has 0 radical (unpaired) electrons. The first-order valence-electron chi connectivity index (χ1n) is 10.9. The highest BCUT2D eigenvalue weighted by atomic mass is 32.2. The maximum absolute atomic E-state index is 12.5. The maximum Gasteiger partial charge on any atom is 0.251 e. The lowest BCUT2D eigenvalue weighted by Crippen LogP contribution is -2.38. The summed E-state index contributed by atoms with van der Waals surface area (Å²) in [6.07, 6.45) is 1.75. The monoisotopic (exact) mass is 459 g/mol. The van der Waals surface area contributed by atoms with E-state index >= 15 is 0 Å². The lowest BCUT2D eigenvalue weighted by molar-refractivity contribution is 0.0322. The van der Waals surface area contributed by atoms with Crippen LogP contribution in [0.15, 0.2) is 53.4 Å². The van der Waals surface area contributed by atoms with E-state index in [-0.39, 0.29) is 16.8 Å². The van der Waals surface area contributed by atoms with Crippen LogP contribution in [0.1, 0.15) is 28.8 Å². The first kappa shape index (κ1) is 22.7. The van der Waals surface area contributed by atoms with Gasteiger partial charge >= 0.3 is 0 Å². The number of nitrogens with zero attached hydrogens (tertiary/aromatic N) is 1. The predicted octanol–water partition coefficient (Wildman–Crippen LogP) is 1.77. The molecule has 9 heteroatoms. The molecule has 0 atom stereocenters. The summed E-state index contributed by atoms with van der Waals surface area (Å²) in [6.45, 7) is 5.20. The summed E-state index contributed by atoms with van der Waals surface area (Å²) in [4.78, 5) is 15.0. The van der Waals surface area contributed by atoms with Crippen LogP contribution >= 0.6 is 0 Å². The van der Waals surface area contributed by atoms with Gasteiger partial charge in [-0.3, -0.25) is 9.69 Å². The van der Waals surface area contributed by atoms with Crippen LogP contribution in [0.5, 0.6) is 5.75 Å². The smallest absolute Gasteiger partial charge is 0.251 e. The van der Waals surface area contributed by atoms with Crippen LogP contribution in [-0.2, 0) is 21.3 Å². The van der Waals surface area contributed by atoms with Crippen LogP contribution < -0.4 is 14.8 Å². The molecule has 8 nitrogen and oxygen atoms in total. The van der Waals surface area contributed by atoms with Gasteiger partial charge in [-0.1, -0.05) is 12.1 Å². The predicted molar refractivity (Wildman–Crippen MR) is 120 cm³/mol. The van der Waals surface area contributed by atoms with Crippen LogP contribution in [-0.4, -0.2) is 64.7 Å². The molecule has 0 aromatic heterocycles. The summed E-state index contributed by atoms with van der Waals surface area (Å²) in [6, 6.07) is 13.7. The second kappa shape index (κ2) is 10.4. The molecule has 1 saturated carbocycles. The van der Waals surface area contributed by atoms with Gasteiger partial charge in [0.2, 0.25) is 10.0 Å². The third kappa shape index (κ3) is 6.52. The van der Waals surface area contributed by atoms with Crippen molar-refractivity contribution >= 4 is 15.9 Å². The largest absolute Gasteiger partial charge is 0.492 e. The maximum atomic E-state index is 12.5. The van der Waals surface area contributed by atoms with Crippen molar-refractivity contribution in [3.05, 3.63) is 59.7 Å². The molecule has 1 amide bonds. The van der Waals surface area contributed by atoms with Crippen molar-refractivity contribution in [2.45, 2.75) is 30.3 Å². The van der Waals surface area contributed by atoms with Crippen molar-refractivity contribution in [1.29, 1.82) is 0 Å². The highest BCUT2D eigenvalue weighted by Crippen LogP contribution is 2.22. The molecule has 172 valence electrons. The Hall–Kier alpha value is -2.46. The molecule has 2 aromatic carbocycles. The summed E-state index contributed by atoms with van der Waals surface area (Å²) in [5, 5.41) is 2.87. The first-order valence-corrected chi connectivity index (χ1v) is 12.4. The van der Waals surface area contributed by atoms with Crippen LogP contribution in [0.25, 0.3) is 0 Å². The van der Waals surface area contributed by atoms with Gasteiger partial charge in [-0.25, -0.2) is 13.1 Å². The molecule has 1 aliphatic heterocycles. The van der Waals surface area contributed by atoms with Crippen molar-refractivity contribution < 1.29 is 22.7 Å². The van der Waals surface area contributed by atoms with E-state index in [0.717, 1.165) is 57.0 Å². The Balaban J connectivity index is 1.25. The molecule has 2 fully saturated rings. The molecule has 2 N–H and O–H groups in total. The topological polar surface area (TPSA) is 97.0 Å². The molecule has 4 rings (SSSR count). The fourth-order valence-corrected chi connectivity index (χ4v) is 4.73. The van der Waals surface area contributed by atoms with Gasteiger partial charge in [0, 0.05) is 37.8 Å². The lowest BCUT2D eigenvalue weighted by Gasteiger charge is -2.26. The Morgan fingerprint density at radius 1 is 1.09 bits per heavy atom. The number of rotatable bonds is 10. The Kier molecular flexibility index (Phi) is 7.41. The summed E-state index contributed by atoms with van der Waals surface area (Å²) < 4.78 is 38.3. The third-order valence-electron chi connectivity index (χ3n) is 5.46. The molecule has 32 heavy (non-hydrogen) atoms. The summed E-state index contributed by atoms with van der Waals surface area (Å²) >= 11 is 0. The molecule has 1 aliphatic carbocycles. The molecule has 1 saturated heterocycles. The zero-order valence-electron chi connectivity index (χ0n) is 18.0. The quantitative estimate of drug-likeness (QED) is 0.562. The van der Waals surface area contributed by atoms with E-state index in [2.05, 4.69) is 14.9 Å². The summed E-state index contributed by atoms with van der Waals surface area (Å²) in [5.41, 5.74) is 1.34. The number of carbonyl (C=O) groups is 1. The number of nitrogens with one attached hydrogen (secondary N) is 2. The van der Waals surface area contributed by atoms with E-state index in [1.54, 1.807) is 0 Å². The van der Waals surface area contributed by atoms with Crippen LogP contribution in [0, 0.1) is 0 Å². The van der Waals surface area contributed by atoms with Gasteiger partial charge in [-0.15, -0.1) is 0 Å². The number of hydrogen-bond donors (Lipinski definition) is 2. The first-order chi connectivity index (χ1) is 15.5. The van der Waals surface area contributed by atoms with Crippen LogP contribution in [0.2, 0.25) is 0 Å². The average Bonchev–Trinajstić information content (AvgIpc) is 3.62. The summed E-state index contributed by atoms with van der Waals surface area (Å²) in [7, 11) is -3.52. The second-order valence-electron chi connectivity index (χ2n) is 8.05. The number of amides is 1. The van der Waals surface area contributed by atoms with Gasteiger partial charge in [0.15, 0.2) is 0 Å². The zero-order valence-corrected chi connectivity index (χ0v) is 18.8. The molecule has 0 spiro atoms. The van der Waals surface area contributed by atoms with E-state index in [9.17, 15) is 13.2 Å². The highest BCUT2D eigenvalue weighted by molar-refractivity contribution is 7.89. The highest BCUT2D eigenvalue weighted by Gasteiger charge is 2.28. The molecular formula is C23H29N3O5S. The Bertz CT molecular complexity index is 1020. The second-order valence-corrected chi connectivity index (χ2v) is 9.77. The number of hydrogen-bond acceptors (Lipinski definition) is 6. The number of benzene rings is 2. The Morgan fingerprint density at radius 3 is 2.56 bits per heavy atom. The van der Waals surface area contributed by atoms with E-state index < -0.39 is 10.0 Å². The molecule has 1 heterocycles. The number of sulfonamides is 1. The number of carbonyl (C=O) groups excluding carboxylic acids is 1. The fraction of sp³-hybridized carbons (Fsp3) is 0.435. The van der Waals surface area contributed by atoms with E-state index in [0.29, 0.717) is 18.7 Å². The van der Waals surface area contributed by atoms with Crippen LogP contribution in [0.4, 0.5) is 0 Å².